The van der Waals surface area contributed by atoms with Crippen LogP contribution in [-0.2, 0) is 4.79 Å². The molecule has 152 valence electrons. The predicted octanol–water partition coefficient (Wildman–Crippen LogP) is 3.74. The second-order valence-corrected chi connectivity index (χ2v) is 7.57. The van der Waals surface area contributed by atoms with Gasteiger partial charge in [0.2, 0.25) is 5.91 Å². The van der Waals surface area contributed by atoms with Gasteiger partial charge in [0, 0.05) is 54.0 Å². The van der Waals surface area contributed by atoms with Crippen molar-refractivity contribution in [1.29, 1.82) is 0 Å². The highest BCUT2D eigenvalue weighted by Gasteiger charge is 2.29. The summed E-state index contributed by atoms with van der Waals surface area (Å²) in [6, 6.07) is 8.91. The molecule has 3 aromatic rings. The Hall–Kier alpha value is -3.79. The second-order valence-electron chi connectivity index (χ2n) is 7.57. The number of carbonyl (C=O) groups is 1. The quantitative estimate of drug-likeness (QED) is 0.401. The van der Waals surface area contributed by atoms with Gasteiger partial charge in [-0.2, -0.15) is 0 Å². The maximum absolute atomic E-state index is 12.6. The van der Waals surface area contributed by atoms with Crippen LogP contribution >= 0.6 is 0 Å². The Morgan fingerprint density at radius 2 is 2.07 bits per heavy atom. The van der Waals surface area contributed by atoms with Gasteiger partial charge in [-0.15, -0.1) is 0 Å². The van der Waals surface area contributed by atoms with E-state index < -0.39 is 0 Å². The number of nitro groups is 1. The maximum Gasteiger partial charge on any atom is 0.273 e. The standard InChI is InChI=1S/C23H21N3O4/c1-14-10-20-18(12-21(14)26(28)29)16(13-24-20)6-4-15-5-7-22-19(11-15)17(8-9-30-22)23(27)25(2)3/h5,7,10-13,17,24H,8-9H2,1-3H3. The van der Waals surface area contributed by atoms with Crippen molar-refractivity contribution in [1.82, 2.24) is 9.88 Å². The zero-order valence-corrected chi connectivity index (χ0v) is 17.0. The van der Waals surface area contributed by atoms with E-state index in [4.69, 9.17) is 4.74 Å². The third-order valence-electron chi connectivity index (χ3n) is 5.32. The average Bonchev–Trinajstić information content (AvgIpc) is 3.11. The van der Waals surface area contributed by atoms with Gasteiger partial charge in [0.05, 0.1) is 23.0 Å². The Balaban J connectivity index is 1.72. The van der Waals surface area contributed by atoms with Crippen LogP contribution in [0.3, 0.4) is 0 Å². The summed E-state index contributed by atoms with van der Waals surface area (Å²) in [5, 5.41) is 12.0. The van der Waals surface area contributed by atoms with Crippen LogP contribution < -0.4 is 4.74 Å². The normalized spacial score (nSPS) is 15.0. The Kier molecular flexibility index (Phi) is 4.92. The summed E-state index contributed by atoms with van der Waals surface area (Å²) in [6.45, 7) is 2.22. The second kappa shape index (κ2) is 7.56. The summed E-state index contributed by atoms with van der Waals surface area (Å²) in [4.78, 5) is 28.1. The van der Waals surface area contributed by atoms with E-state index in [2.05, 4.69) is 16.8 Å². The fourth-order valence-electron chi connectivity index (χ4n) is 3.75. The molecule has 1 amide bonds. The number of fused-ring (bicyclic) bond motifs is 2. The first-order chi connectivity index (χ1) is 14.3. The number of ether oxygens (including phenoxy) is 1. The highest BCUT2D eigenvalue weighted by Crippen LogP contribution is 2.35. The van der Waals surface area contributed by atoms with Crippen LogP contribution in [0, 0.1) is 28.9 Å². The number of carbonyl (C=O) groups excluding carboxylic acids is 1. The highest BCUT2D eigenvalue weighted by atomic mass is 16.6. The third kappa shape index (κ3) is 3.48. The molecule has 2 aromatic carbocycles. The number of aromatic nitrogens is 1. The van der Waals surface area contributed by atoms with Gasteiger partial charge in [-0.3, -0.25) is 14.9 Å². The largest absolute Gasteiger partial charge is 0.493 e. The molecule has 7 heteroatoms. The van der Waals surface area contributed by atoms with Crippen LogP contribution in [0.15, 0.2) is 36.5 Å². The molecule has 1 aliphatic rings. The summed E-state index contributed by atoms with van der Waals surface area (Å²) >= 11 is 0. The fraction of sp³-hybridized carbons (Fsp3) is 0.261. The first-order valence-corrected chi connectivity index (χ1v) is 9.61. The smallest absolute Gasteiger partial charge is 0.273 e. The van der Waals surface area contributed by atoms with Crippen LogP contribution in [0.1, 0.15) is 34.6 Å². The molecule has 4 rings (SSSR count). The number of aryl methyl sites for hydroxylation is 1. The van der Waals surface area contributed by atoms with E-state index in [0.29, 0.717) is 35.3 Å². The van der Waals surface area contributed by atoms with Crippen molar-refractivity contribution < 1.29 is 14.5 Å². The summed E-state index contributed by atoms with van der Waals surface area (Å²) < 4.78 is 5.71. The molecule has 2 heterocycles. The number of benzene rings is 2. The predicted molar refractivity (Wildman–Crippen MR) is 114 cm³/mol. The summed E-state index contributed by atoms with van der Waals surface area (Å²) in [5.74, 6) is 6.74. The molecule has 0 radical (unpaired) electrons. The van der Waals surface area contributed by atoms with E-state index in [-0.39, 0.29) is 22.4 Å². The van der Waals surface area contributed by atoms with Crippen molar-refractivity contribution in [2.75, 3.05) is 20.7 Å². The number of H-pyrrole nitrogens is 1. The van der Waals surface area contributed by atoms with Gasteiger partial charge in [0.25, 0.3) is 5.69 Å². The summed E-state index contributed by atoms with van der Waals surface area (Å²) in [6.07, 6.45) is 2.38. The lowest BCUT2D eigenvalue weighted by Gasteiger charge is -2.27. The molecule has 0 saturated carbocycles. The Labute approximate surface area is 173 Å². The first kappa shape index (κ1) is 19.5. The number of nitrogens with zero attached hydrogens (tertiary/aromatic N) is 2. The Bertz CT molecular complexity index is 1230. The van der Waals surface area contributed by atoms with E-state index in [1.165, 1.54) is 0 Å². The number of amides is 1. The maximum atomic E-state index is 12.6. The van der Waals surface area contributed by atoms with Crippen molar-refractivity contribution in [3.63, 3.8) is 0 Å². The van der Waals surface area contributed by atoms with Crippen LogP contribution in [0.5, 0.6) is 5.75 Å². The SMILES string of the molecule is Cc1cc2[nH]cc(C#Cc3ccc4c(c3)C(C(=O)N(C)C)CCO4)c2cc1[N+](=O)[O-]. The molecule has 1 aliphatic heterocycles. The molecule has 0 aliphatic carbocycles. The van der Waals surface area contributed by atoms with E-state index in [1.807, 2.05) is 18.2 Å². The third-order valence-corrected chi connectivity index (χ3v) is 5.32. The minimum atomic E-state index is -0.385. The molecule has 7 nitrogen and oxygen atoms in total. The Morgan fingerprint density at radius 3 is 2.80 bits per heavy atom. The number of aromatic amines is 1. The van der Waals surface area contributed by atoms with E-state index in [9.17, 15) is 14.9 Å². The first-order valence-electron chi connectivity index (χ1n) is 9.61. The van der Waals surface area contributed by atoms with Crippen LogP contribution in [0.4, 0.5) is 5.69 Å². The number of nitrogens with one attached hydrogen (secondary N) is 1. The highest BCUT2D eigenvalue weighted by molar-refractivity contribution is 5.89. The van der Waals surface area contributed by atoms with Crippen molar-refractivity contribution in [3.05, 3.63) is 68.9 Å². The molecule has 1 atom stereocenters. The number of likely N-dealkylation sites (N-methyl/N-ethyl adjacent to an activating group) is 1. The van der Waals surface area contributed by atoms with Gasteiger partial charge in [-0.25, -0.2) is 0 Å². The fourth-order valence-corrected chi connectivity index (χ4v) is 3.75. The minimum absolute atomic E-state index is 0.0453. The van der Waals surface area contributed by atoms with Crippen molar-refractivity contribution >= 4 is 22.5 Å². The monoisotopic (exact) mass is 403 g/mol. The number of nitro benzene ring substituents is 1. The molecule has 0 bridgehead atoms. The molecular weight excluding hydrogens is 382 g/mol. The molecule has 0 fully saturated rings. The van der Waals surface area contributed by atoms with Gasteiger partial charge in [-0.1, -0.05) is 11.8 Å². The van der Waals surface area contributed by atoms with Crippen LogP contribution in [0.25, 0.3) is 10.9 Å². The molecule has 0 spiro atoms. The molecule has 1 N–H and O–H groups in total. The van der Waals surface area contributed by atoms with Gasteiger partial charge in [-0.05, 0) is 37.6 Å². The number of hydrogen-bond acceptors (Lipinski definition) is 4. The van der Waals surface area contributed by atoms with Crippen LogP contribution in [-0.4, -0.2) is 41.4 Å². The van der Waals surface area contributed by atoms with Crippen LogP contribution in [0.2, 0.25) is 0 Å². The van der Waals surface area contributed by atoms with Crippen molar-refractivity contribution in [2.45, 2.75) is 19.3 Å². The zero-order valence-electron chi connectivity index (χ0n) is 17.0. The van der Waals surface area contributed by atoms with Gasteiger partial charge < -0.3 is 14.6 Å². The molecule has 1 unspecified atom stereocenters. The molecule has 30 heavy (non-hydrogen) atoms. The zero-order chi connectivity index (χ0) is 21.4. The average molecular weight is 403 g/mol. The van der Waals surface area contributed by atoms with Gasteiger partial charge in [0.15, 0.2) is 0 Å². The lowest BCUT2D eigenvalue weighted by atomic mass is 9.90. The van der Waals surface area contributed by atoms with Gasteiger partial charge >= 0.3 is 0 Å². The number of hydrogen-bond donors (Lipinski definition) is 1. The lowest BCUT2D eigenvalue weighted by molar-refractivity contribution is -0.385. The van der Waals surface area contributed by atoms with E-state index in [1.54, 1.807) is 44.2 Å². The summed E-state index contributed by atoms with van der Waals surface area (Å²) in [7, 11) is 3.50. The van der Waals surface area contributed by atoms with E-state index in [0.717, 1.165) is 16.6 Å². The molecule has 1 aromatic heterocycles. The van der Waals surface area contributed by atoms with Crippen molar-refractivity contribution in [2.24, 2.45) is 0 Å². The van der Waals surface area contributed by atoms with Crippen molar-refractivity contribution in [3.8, 4) is 17.6 Å². The van der Waals surface area contributed by atoms with E-state index >= 15 is 0 Å². The summed E-state index contributed by atoms with van der Waals surface area (Å²) in [5.41, 5.74) is 3.76. The Morgan fingerprint density at radius 1 is 1.27 bits per heavy atom. The molecule has 0 saturated heterocycles. The molecular formula is C23H21N3O4. The topological polar surface area (TPSA) is 88.5 Å². The minimum Gasteiger partial charge on any atom is -0.493 e. The lowest BCUT2D eigenvalue weighted by Crippen LogP contribution is -2.31. The number of rotatable bonds is 2. The van der Waals surface area contributed by atoms with Gasteiger partial charge in [0.1, 0.15) is 5.75 Å².